The van der Waals surface area contributed by atoms with Crippen LogP contribution < -0.4 is 10.1 Å². The number of rotatable bonds is 4. The fourth-order valence-corrected chi connectivity index (χ4v) is 4.39. The van der Waals surface area contributed by atoms with E-state index in [0.29, 0.717) is 12.6 Å². The van der Waals surface area contributed by atoms with Crippen molar-refractivity contribution in [1.82, 2.24) is 15.1 Å². The Bertz CT molecular complexity index is 815. The number of carbonyl (C=O) groups is 1. The minimum atomic E-state index is 0.0216. The van der Waals surface area contributed by atoms with Crippen LogP contribution in [0, 0.1) is 0 Å². The predicted molar refractivity (Wildman–Crippen MR) is 110 cm³/mol. The summed E-state index contributed by atoms with van der Waals surface area (Å²) in [6, 6.07) is 17.2. The smallest absolute Gasteiger partial charge is 0.317 e. The quantitative estimate of drug-likeness (QED) is 0.885. The monoisotopic (exact) mass is 379 g/mol. The molecule has 0 atom stereocenters. The molecule has 1 saturated heterocycles. The van der Waals surface area contributed by atoms with Gasteiger partial charge in [-0.05, 0) is 36.5 Å². The van der Waals surface area contributed by atoms with Crippen LogP contribution in [0.2, 0.25) is 0 Å². The molecule has 28 heavy (non-hydrogen) atoms. The third-order valence-electron chi connectivity index (χ3n) is 6.05. The van der Waals surface area contributed by atoms with Crippen LogP contribution in [0.5, 0.6) is 5.75 Å². The van der Waals surface area contributed by atoms with Crippen LogP contribution in [-0.2, 0) is 19.5 Å². The fourth-order valence-electron chi connectivity index (χ4n) is 4.39. The number of ether oxygens (including phenoxy) is 1. The van der Waals surface area contributed by atoms with Gasteiger partial charge in [0, 0.05) is 44.3 Å². The van der Waals surface area contributed by atoms with E-state index in [2.05, 4.69) is 34.5 Å². The Hall–Kier alpha value is -2.53. The van der Waals surface area contributed by atoms with Crippen molar-refractivity contribution >= 4 is 6.03 Å². The molecule has 0 unspecified atom stereocenters. The predicted octanol–water partition coefficient (Wildman–Crippen LogP) is 3.43. The van der Waals surface area contributed by atoms with E-state index in [9.17, 15) is 4.79 Å². The summed E-state index contributed by atoms with van der Waals surface area (Å²) in [6.45, 7) is 4.30. The Morgan fingerprint density at radius 2 is 1.75 bits per heavy atom. The zero-order valence-corrected chi connectivity index (χ0v) is 16.6. The number of nitrogens with zero attached hydrogens (tertiary/aromatic N) is 2. The second-order valence-corrected chi connectivity index (χ2v) is 7.68. The molecule has 5 heteroatoms. The van der Waals surface area contributed by atoms with Gasteiger partial charge in [-0.2, -0.15) is 0 Å². The number of carbonyl (C=O) groups excluding carboxylic acids is 1. The molecule has 0 bridgehead atoms. The number of para-hydroxylation sites is 1. The second kappa shape index (κ2) is 8.65. The van der Waals surface area contributed by atoms with Gasteiger partial charge in [0.05, 0.1) is 7.11 Å². The summed E-state index contributed by atoms with van der Waals surface area (Å²) in [4.78, 5) is 17.1. The van der Waals surface area contributed by atoms with Crippen molar-refractivity contribution in [1.29, 1.82) is 0 Å². The van der Waals surface area contributed by atoms with E-state index in [4.69, 9.17) is 4.74 Å². The van der Waals surface area contributed by atoms with Gasteiger partial charge >= 0.3 is 6.03 Å². The van der Waals surface area contributed by atoms with Crippen LogP contribution in [-0.4, -0.2) is 48.6 Å². The van der Waals surface area contributed by atoms with Crippen molar-refractivity contribution in [2.75, 3.05) is 26.7 Å². The summed E-state index contributed by atoms with van der Waals surface area (Å²) in [5.74, 6) is 0.812. The van der Waals surface area contributed by atoms with E-state index in [1.165, 1.54) is 11.1 Å². The molecule has 4 rings (SSSR count). The molecule has 0 aromatic heterocycles. The topological polar surface area (TPSA) is 44.8 Å². The number of nitrogens with one attached hydrogen (secondary N) is 1. The van der Waals surface area contributed by atoms with Crippen molar-refractivity contribution < 1.29 is 9.53 Å². The maximum absolute atomic E-state index is 12.6. The first kappa shape index (κ1) is 18.8. The summed E-state index contributed by atoms with van der Waals surface area (Å²) < 4.78 is 5.36. The molecule has 2 heterocycles. The maximum atomic E-state index is 12.6. The molecular weight excluding hydrogens is 350 g/mol. The van der Waals surface area contributed by atoms with Gasteiger partial charge in [-0.15, -0.1) is 0 Å². The van der Waals surface area contributed by atoms with Gasteiger partial charge < -0.3 is 15.0 Å². The lowest BCUT2D eigenvalue weighted by Gasteiger charge is -2.40. The molecular formula is C23H29N3O2. The van der Waals surface area contributed by atoms with E-state index < -0.39 is 0 Å². The van der Waals surface area contributed by atoms with Crippen LogP contribution in [0.1, 0.15) is 29.5 Å². The van der Waals surface area contributed by atoms with E-state index in [1.807, 2.05) is 29.2 Å². The summed E-state index contributed by atoms with van der Waals surface area (Å²) in [5.41, 5.74) is 3.96. The number of hydrogen-bond acceptors (Lipinski definition) is 3. The Morgan fingerprint density at radius 1 is 1.04 bits per heavy atom. The first-order chi connectivity index (χ1) is 13.7. The highest BCUT2D eigenvalue weighted by Crippen LogP contribution is 2.25. The number of likely N-dealkylation sites (tertiary alicyclic amines) is 1. The van der Waals surface area contributed by atoms with Gasteiger partial charge in [0.2, 0.25) is 0 Å². The lowest BCUT2D eigenvalue weighted by Crippen LogP contribution is -2.50. The van der Waals surface area contributed by atoms with Crippen molar-refractivity contribution in [2.24, 2.45) is 0 Å². The molecule has 2 aliphatic heterocycles. The summed E-state index contributed by atoms with van der Waals surface area (Å²) in [7, 11) is 1.66. The molecule has 0 aliphatic carbocycles. The Balaban J connectivity index is 1.27. The molecule has 2 amide bonds. The van der Waals surface area contributed by atoms with Gasteiger partial charge in [-0.25, -0.2) is 4.79 Å². The lowest BCUT2D eigenvalue weighted by atomic mass is 9.95. The Morgan fingerprint density at radius 3 is 2.54 bits per heavy atom. The number of benzene rings is 2. The first-order valence-corrected chi connectivity index (χ1v) is 10.2. The minimum Gasteiger partial charge on any atom is -0.496 e. The molecule has 5 nitrogen and oxygen atoms in total. The van der Waals surface area contributed by atoms with E-state index in [0.717, 1.165) is 56.8 Å². The second-order valence-electron chi connectivity index (χ2n) is 7.68. The van der Waals surface area contributed by atoms with Crippen molar-refractivity contribution in [3.8, 4) is 5.75 Å². The highest BCUT2D eigenvalue weighted by atomic mass is 16.5. The van der Waals surface area contributed by atoms with Crippen LogP contribution in [0.15, 0.2) is 48.5 Å². The normalized spacial score (nSPS) is 17.8. The average molecular weight is 380 g/mol. The molecule has 1 fully saturated rings. The average Bonchev–Trinajstić information content (AvgIpc) is 2.77. The number of amides is 2. The van der Waals surface area contributed by atoms with Crippen LogP contribution in [0.25, 0.3) is 0 Å². The van der Waals surface area contributed by atoms with Crippen LogP contribution in [0.3, 0.4) is 0 Å². The number of hydrogen-bond donors (Lipinski definition) is 1. The summed E-state index contributed by atoms with van der Waals surface area (Å²) >= 11 is 0. The van der Waals surface area contributed by atoms with Crippen molar-refractivity contribution in [3.63, 3.8) is 0 Å². The van der Waals surface area contributed by atoms with Gasteiger partial charge in [0.15, 0.2) is 0 Å². The molecule has 0 saturated carbocycles. The van der Waals surface area contributed by atoms with Crippen molar-refractivity contribution in [2.45, 2.75) is 38.4 Å². The van der Waals surface area contributed by atoms with Crippen LogP contribution >= 0.6 is 0 Å². The minimum absolute atomic E-state index is 0.0216. The van der Waals surface area contributed by atoms with Gasteiger partial charge in [-0.1, -0.05) is 42.5 Å². The Kier molecular flexibility index (Phi) is 5.81. The van der Waals surface area contributed by atoms with E-state index in [-0.39, 0.29) is 6.03 Å². The zero-order chi connectivity index (χ0) is 19.3. The summed E-state index contributed by atoms with van der Waals surface area (Å²) in [6.07, 6.45) is 3.23. The molecule has 148 valence electrons. The number of methoxy groups -OCH3 is 1. The third-order valence-corrected chi connectivity index (χ3v) is 6.05. The number of fused-ring (bicyclic) bond motifs is 1. The van der Waals surface area contributed by atoms with Crippen LogP contribution in [0.4, 0.5) is 4.79 Å². The highest BCUT2D eigenvalue weighted by molar-refractivity contribution is 5.74. The highest BCUT2D eigenvalue weighted by Gasteiger charge is 2.28. The van der Waals surface area contributed by atoms with E-state index in [1.54, 1.807) is 7.11 Å². The zero-order valence-electron chi connectivity index (χ0n) is 16.6. The largest absolute Gasteiger partial charge is 0.496 e. The van der Waals surface area contributed by atoms with Gasteiger partial charge in [0.1, 0.15) is 5.75 Å². The van der Waals surface area contributed by atoms with Gasteiger partial charge in [-0.3, -0.25) is 4.90 Å². The Labute approximate surface area is 167 Å². The molecule has 1 N–H and O–H groups in total. The van der Waals surface area contributed by atoms with Crippen molar-refractivity contribution in [3.05, 3.63) is 65.2 Å². The standard InChI is InChI=1S/C23H29N3O2/c1-28-22-9-5-4-7-19(22)16-24-23(27)25-14-11-21(12-15-25)26-13-10-18-6-2-3-8-20(18)17-26/h2-9,21H,10-17H2,1H3,(H,24,27). The SMILES string of the molecule is COc1ccccc1CNC(=O)N1CCC(N2CCc3ccccc3C2)CC1. The molecule has 2 aliphatic rings. The third kappa shape index (κ3) is 4.14. The number of piperidine rings is 1. The fraction of sp³-hybridized carbons (Fsp3) is 0.435. The first-order valence-electron chi connectivity index (χ1n) is 10.2. The molecule has 0 radical (unpaired) electrons. The maximum Gasteiger partial charge on any atom is 0.317 e. The van der Waals surface area contributed by atoms with E-state index >= 15 is 0 Å². The molecule has 0 spiro atoms. The molecule has 2 aromatic carbocycles. The lowest BCUT2D eigenvalue weighted by molar-refractivity contribution is 0.107. The summed E-state index contributed by atoms with van der Waals surface area (Å²) in [5, 5.41) is 3.04. The van der Waals surface area contributed by atoms with Gasteiger partial charge in [0.25, 0.3) is 0 Å². The molecule has 2 aromatic rings. The number of urea groups is 1.